The lowest BCUT2D eigenvalue weighted by atomic mass is 9.94. The first kappa shape index (κ1) is 16.5. The zero-order chi connectivity index (χ0) is 15.6. The van der Waals surface area contributed by atoms with Crippen LogP contribution >= 0.6 is 0 Å². The molecule has 0 aliphatic heterocycles. The number of benzene rings is 1. The summed E-state index contributed by atoms with van der Waals surface area (Å²) in [6.07, 6.45) is -4.47. The molecule has 2 unspecified atom stereocenters. The van der Waals surface area contributed by atoms with Crippen molar-refractivity contribution in [2.45, 2.75) is 31.7 Å². The van der Waals surface area contributed by atoms with Gasteiger partial charge in [-0.1, -0.05) is 12.1 Å². The minimum Gasteiger partial charge on any atom is -0.384 e. The summed E-state index contributed by atoms with van der Waals surface area (Å²) in [5.74, 6) is -0.607. The van der Waals surface area contributed by atoms with Gasteiger partial charge < -0.3 is 16.2 Å². The highest BCUT2D eigenvalue weighted by molar-refractivity contribution is 5.79. The topological polar surface area (TPSA) is 75.3 Å². The van der Waals surface area contributed by atoms with Gasteiger partial charge in [0.05, 0.1) is 17.2 Å². The number of alkyl halides is 3. The van der Waals surface area contributed by atoms with Gasteiger partial charge in [-0.2, -0.15) is 13.2 Å². The summed E-state index contributed by atoms with van der Waals surface area (Å²) >= 11 is 0. The first-order valence-corrected chi connectivity index (χ1v) is 5.97. The molecule has 2 atom stereocenters. The summed E-state index contributed by atoms with van der Waals surface area (Å²) in [5.41, 5.74) is 2.78. The van der Waals surface area contributed by atoms with E-state index in [1.807, 2.05) is 0 Å². The van der Waals surface area contributed by atoms with Crippen LogP contribution in [0.2, 0.25) is 0 Å². The van der Waals surface area contributed by atoms with Crippen molar-refractivity contribution in [2.24, 2.45) is 5.73 Å². The molecule has 0 fully saturated rings. The lowest BCUT2D eigenvalue weighted by molar-refractivity contribution is -0.137. The zero-order valence-corrected chi connectivity index (χ0v) is 11.2. The number of nitrogens with two attached hydrogens (primary N) is 1. The molecule has 0 aromatic heterocycles. The summed E-state index contributed by atoms with van der Waals surface area (Å²) in [6.45, 7) is 2.77. The molecule has 0 saturated carbocycles. The van der Waals surface area contributed by atoms with Crippen LogP contribution in [0, 0.1) is 0 Å². The molecular weight excluding hydrogens is 273 g/mol. The highest BCUT2D eigenvalue weighted by atomic mass is 19.4. The van der Waals surface area contributed by atoms with Crippen molar-refractivity contribution in [3.8, 4) is 0 Å². The van der Waals surface area contributed by atoms with Gasteiger partial charge in [0.2, 0.25) is 5.91 Å². The number of aliphatic hydroxyl groups is 1. The molecule has 0 radical (unpaired) electrons. The van der Waals surface area contributed by atoms with Gasteiger partial charge in [0.1, 0.15) is 0 Å². The van der Waals surface area contributed by atoms with Crippen molar-refractivity contribution in [2.75, 3.05) is 6.54 Å². The van der Waals surface area contributed by atoms with Crippen molar-refractivity contribution in [1.29, 1.82) is 0 Å². The van der Waals surface area contributed by atoms with Crippen LogP contribution in [0.1, 0.15) is 25.0 Å². The Bertz CT molecular complexity index is 487. The second kappa shape index (κ2) is 5.80. The average molecular weight is 290 g/mol. The molecule has 0 saturated heterocycles. The summed E-state index contributed by atoms with van der Waals surface area (Å²) in [4.78, 5) is 10.9. The van der Waals surface area contributed by atoms with Crippen molar-refractivity contribution in [1.82, 2.24) is 5.32 Å². The van der Waals surface area contributed by atoms with Gasteiger partial charge in [-0.05, 0) is 31.5 Å². The minimum atomic E-state index is -4.47. The van der Waals surface area contributed by atoms with Crippen LogP contribution in [0.3, 0.4) is 0 Å². The summed E-state index contributed by atoms with van der Waals surface area (Å²) in [6, 6.07) is 3.75. The maximum atomic E-state index is 12.6. The first-order valence-electron chi connectivity index (χ1n) is 5.97. The Hall–Kier alpha value is -1.60. The molecule has 0 heterocycles. The lowest BCUT2D eigenvalue weighted by Gasteiger charge is -2.26. The van der Waals surface area contributed by atoms with Crippen LogP contribution in [0.4, 0.5) is 13.2 Å². The Morgan fingerprint density at radius 1 is 1.40 bits per heavy atom. The van der Waals surface area contributed by atoms with Crippen LogP contribution < -0.4 is 11.1 Å². The van der Waals surface area contributed by atoms with Gasteiger partial charge in [-0.15, -0.1) is 0 Å². The van der Waals surface area contributed by atoms with Crippen molar-refractivity contribution >= 4 is 5.91 Å². The van der Waals surface area contributed by atoms with Gasteiger partial charge >= 0.3 is 6.18 Å². The maximum absolute atomic E-state index is 12.6. The molecule has 0 aliphatic rings. The molecule has 0 bridgehead atoms. The third-order valence-corrected chi connectivity index (χ3v) is 2.99. The fourth-order valence-electron chi connectivity index (χ4n) is 1.59. The van der Waals surface area contributed by atoms with Crippen LogP contribution in [-0.4, -0.2) is 23.6 Å². The Balaban J connectivity index is 2.89. The van der Waals surface area contributed by atoms with Gasteiger partial charge in [-0.3, -0.25) is 4.79 Å². The van der Waals surface area contributed by atoms with Crippen molar-refractivity contribution < 1.29 is 23.1 Å². The van der Waals surface area contributed by atoms with Gasteiger partial charge in [0, 0.05) is 6.54 Å². The van der Waals surface area contributed by atoms with E-state index < -0.39 is 29.3 Å². The zero-order valence-electron chi connectivity index (χ0n) is 11.2. The second-order valence-corrected chi connectivity index (χ2v) is 4.86. The molecule has 4 nitrogen and oxygen atoms in total. The van der Waals surface area contributed by atoms with Gasteiger partial charge in [0.25, 0.3) is 0 Å². The Morgan fingerprint density at radius 3 is 2.45 bits per heavy atom. The predicted molar refractivity (Wildman–Crippen MR) is 67.7 cm³/mol. The van der Waals surface area contributed by atoms with Crippen molar-refractivity contribution in [3.05, 3.63) is 35.4 Å². The highest BCUT2D eigenvalue weighted by Gasteiger charge is 2.32. The Labute approximate surface area is 114 Å². The molecular formula is C13H17F3N2O2. The molecule has 4 N–H and O–H groups in total. The fourth-order valence-corrected chi connectivity index (χ4v) is 1.59. The number of amides is 1. The lowest BCUT2D eigenvalue weighted by Crippen LogP contribution is -2.45. The molecule has 1 aromatic carbocycles. The smallest absolute Gasteiger partial charge is 0.384 e. The number of primary amides is 1. The number of halogens is 3. The van der Waals surface area contributed by atoms with E-state index in [1.165, 1.54) is 26.0 Å². The average Bonchev–Trinajstić information content (AvgIpc) is 2.35. The quantitative estimate of drug-likeness (QED) is 0.767. The minimum absolute atomic E-state index is 0.0988. The molecule has 0 spiro atoms. The number of nitrogens with one attached hydrogen (secondary N) is 1. The van der Waals surface area contributed by atoms with Gasteiger partial charge in [-0.25, -0.2) is 0 Å². The van der Waals surface area contributed by atoms with E-state index in [0.717, 1.165) is 12.1 Å². The highest BCUT2D eigenvalue weighted by Crippen LogP contribution is 2.31. The Morgan fingerprint density at radius 2 is 1.95 bits per heavy atom. The maximum Gasteiger partial charge on any atom is 0.416 e. The second-order valence-electron chi connectivity index (χ2n) is 4.86. The van der Waals surface area contributed by atoms with E-state index in [0.29, 0.717) is 0 Å². The van der Waals surface area contributed by atoms with Crippen LogP contribution in [-0.2, 0) is 16.6 Å². The van der Waals surface area contributed by atoms with E-state index >= 15 is 0 Å². The largest absolute Gasteiger partial charge is 0.416 e. The van der Waals surface area contributed by atoms with Gasteiger partial charge in [0.15, 0.2) is 0 Å². The molecule has 1 rings (SSSR count). The predicted octanol–water partition coefficient (Wildman–Crippen LogP) is 1.38. The fraction of sp³-hybridized carbons (Fsp3) is 0.462. The summed E-state index contributed by atoms with van der Waals surface area (Å²) in [7, 11) is 0. The standard InChI is InChI=1S/C13H17F3N2O2/c1-8(11(17)19)18-7-12(2,20)9-4-3-5-10(6-9)13(14,15)16/h3-6,8,18,20H,7H2,1-2H3,(H2,17,19). The first-order chi connectivity index (χ1) is 9.04. The normalized spacial score (nSPS) is 16.5. The van der Waals surface area contributed by atoms with Crippen LogP contribution in [0.15, 0.2) is 24.3 Å². The number of carbonyl (C=O) groups is 1. The number of hydrogen-bond donors (Lipinski definition) is 3. The van der Waals surface area contributed by atoms with Crippen LogP contribution in [0.25, 0.3) is 0 Å². The SMILES string of the molecule is CC(NCC(C)(O)c1cccc(C(F)(F)F)c1)C(N)=O. The number of hydrogen-bond acceptors (Lipinski definition) is 3. The van der Waals surface area contributed by atoms with Crippen LogP contribution in [0.5, 0.6) is 0 Å². The van der Waals surface area contributed by atoms with Crippen molar-refractivity contribution in [3.63, 3.8) is 0 Å². The molecule has 1 aromatic rings. The third kappa shape index (κ3) is 4.21. The molecule has 1 amide bonds. The molecule has 7 heteroatoms. The number of carbonyl (C=O) groups excluding carboxylic acids is 1. The number of rotatable bonds is 5. The molecule has 20 heavy (non-hydrogen) atoms. The van der Waals surface area contributed by atoms with E-state index in [2.05, 4.69) is 5.32 Å². The van der Waals surface area contributed by atoms with E-state index in [9.17, 15) is 23.1 Å². The summed E-state index contributed by atoms with van der Waals surface area (Å²) in [5, 5.41) is 12.9. The monoisotopic (exact) mass is 290 g/mol. The van der Waals surface area contributed by atoms with E-state index in [4.69, 9.17) is 5.73 Å². The van der Waals surface area contributed by atoms with E-state index in [1.54, 1.807) is 0 Å². The molecule has 112 valence electrons. The summed E-state index contributed by atoms with van der Waals surface area (Å²) < 4.78 is 37.9. The Kier molecular flexibility index (Phi) is 4.77. The third-order valence-electron chi connectivity index (χ3n) is 2.99. The molecule has 0 aliphatic carbocycles. The van der Waals surface area contributed by atoms with E-state index in [-0.39, 0.29) is 12.1 Å².